The highest BCUT2D eigenvalue weighted by Crippen LogP contribution is 2.35. The Balaban J connectivity index is 2.09. The molecule has 2 rings (SSSR count). The fourth-order valence-electron chi connectivity index (χ4n) is 2.57. The third-order valence-electron chi connectivity index (χ3n) is 4.09. The minimum atomic E-state index is -0.809. The first-order chi connectivity index (χ1) is 14.2. The maximum atomic E-state index is 12.6. The Hall–Kier alpha value is -2.58. The molecule has 0 saturated carbocycles. The molecule has 0 aliphatic rings. The zero-order valence-electron chi connectivity index (χ0n) is 16.8. The lowest BCUT2D eigenvalue weighted by Gasteiger charge is -2.20. The van der Waals surface area contributed by atoms with Crippen molar-refractivity contribution in [3.63, 3.8) is 0 Å². The number of ether oxygens (including phenoxy) is 1. The summed E-state index contributed by atoms with van der Waals surface area (Å²) in [4.78, 5) is 25.1. The van der Waals surface area contributed by atoms with Gasteiger partial charge in [0.25, 0.3) is 11.8 Å². The first kappa shape index (κ1) is 23.7. The summed E-state index contributed by atoms with van der Waals surface area (Å²) in [7, 11) is 0. The second-order valence-corrected chi connectivity index (χ2v) is 7.95. The van der Waals surface area contributed by atoms with Crippen LogP contribution in [0.4, 0.5) is 0 Å². The molecule has 0 aromatic heterocycles. The monoisotopic (exact) mass is 495 g/mol. The van der Waals surface area contributed by atoms with Crippen molar-refractivity contribution in [1.29, 1.82) is 0 Å². The average Bonchev–Trinajstić information content (AvgIpc) is 2.69. The maximum Gasteiger partial charge on any atom is 0.262 e. The van der Waals surface area contributed by atoms with Crippen molar-refractivity contribution in [2.24, 2.45) is 11.0 Å². The van der Waals surface area contributed by atoms with Crippen molar-refractivity contribution in [2.45, 2.75) is 26.8 Å². The van der Waals surface area contributed by atoms with Crippen molar-refractivity contribution in [3.8, 4) is 11.5 Å². The third kappa shape index (κ3) is 6.21. The molecule has 0 heterocycles. The molecule has 0 bridgehead atoms. The molecule has 30 heavy (non-hydrogen) atoms. The molecule has 0 saturated heterocycles. The van der Waals surface area contributed by atoms with E-state index < -0.39 is 17.9 Å². The van der Waals surface area contributed by atoms with Crippen LogP contribution in [0.25, 0.3) is 0 Å². The number of carbonyl (C=O) groups is 2. The number of rotatable bonds is 8. The molecule has 160 valence electrons. The van der Waals surface area contributed by atoms with Crippen LogP contribution in [0.3, 0.4) is 0 Å². The van der Waals surface area contributed by atoms with E-state index in [4.69, 9.17) is 16.3 Å². The van der Waals surface area contributed by atoms with Crippen molar-refractivity contribution in [1.82, 2.24) is 10.7 Å². The van der Waals surface area contributed by atoms with Gasteiger partial charge >= 0.3 is 0 Å². The number of phenolic OH excluding ortho intramolecular Hbond substituents is 1. The Labute approximate surface area is 188 Å². The SMILES string of the molecule is CCOc1cc(/C=N/NC(=O)C(NC(=O)c2ccccc2Cl)C(C)C)cc(Br)c1O. The molecule has 7 nitrogen and oxygen atoms in total. The van der Waals surface area contributed by atoms with Gasteiger partial charge in [-0.3, -0.25) is 9.59 Å². The summed E-state index contributed by atoms with van der Waals surface area (Å²) in [6.07, 6.45) is 1.41. The number of aromatic hydroxyl groups is 1. The van der Waals surface area contributed by atoms with E-state index in [2.05, 4.69) is 31.8 Å². The normalized spacial score (nSPS) is 12.1. The van der Waals surface area contributed by atoms with E-state index in [0.29, 0.717) is 33.0 Å². The molecule has 0 spiro atoms. The number of hydrogen-bond acceptors (Lipinski definition) is 5. The Morgan fingerprint density at radius 2 is 2.00 bits per heavy atom. The van der Waals surface area contributed by atoms with Gasteiger partial charge in [0.05, 0.1) is 27.9 Å². The Bertz CT molecular complexity index is 950. The summed E-state index contributed by atoms with van der Waals surface area (Å²) < 4.78 is 5.80. The number of amides is 2. The Kier molecular flexibility index (Phi) is 8.68. The number of carbonyl (C=O) groups excluding carboxylic acids is 2. The quantitative estimate of drug-likeness (QED) is 0.378. The highest BCUT2D eigenvalue weighted by atomic mass is 79.9. The summed E-state index contributed by atoms with van der Waals surface area (Å²) in [5, 5.41) is 16.9. The first-order valence-corrected chi connectivity index (χ1v) is 10.4. The van der Waals surface area contributed by atoms with Gasteiger partial charge < -0.3 is 15.2 Å². The summed E-state index contributed by atoms with van der Waals surface area (Å²) in [6.45, 7) is 5.81. The van der Waals surface area contributed by atoms with Crippen LogP contribution < -0.4 is 15.5 Å². The average molecular weight is 497 g/mol. The number of nitrogens with one attached hydrogen (secondary N) is 2. The maximum absolute atomic E-state index is 12.6. The van der Waals surface area contributed by atoms with Crippen LogP contribution in [0, 0.1) is 5.92 Å². The van der Waals surface area contributed by atoms with Crippen molar-refractivity contribution >= 4 is 45.6 Å². The van der Waals surface area contributed by atoms with Crippen molar-refractivity contribution < 1.29 is 19.4 Å². The standard InChI is InChI=1S/C21H23BrClN3O4/c1-4-30-17-10-13(9-15(22)19(17)27)11-24-26-21(29)18(12(2)3)25-20(28)14-7-5-6-8-16(14)23/h5-12,18,27H,4H2,1-3H3,(H,25,28)(H,26,29)/b24-11+. The van der Waals surface area contributed by atoms with Gasteiger partial charge in [0, 0.05) is 0 Å². The predicted molar refractivity (Wildman–Crippen MR) is 120 cm³/mol. The van der Waals surface area contributed by atoms with Crippen LogP contribution >= 0.6 is 27.5 Å². The number of halogens is 2. The van der Waals surface area contributed by atoms with Crippen LogP contribution in [0.1, 0.15) is 36.7 Å². The van der Waals surface area contributed by atoms with Gasteiger partial charge in [-0.05, 0) is 58.6 Å². The minimum absolute atomic E-state index is 0.0137. The second kappa shape index (κ2) is 11.0. The van der Waals surface area contributed by atoms with E-state index in [-0.39, 0.29) is 11.7 Å². The Morgan fingerprint density at radius 1 is 1.30 bits per heavy atom. The Morgan fingerprint density at radius 3 is 2.63 bits per heavy atom. The zero-order valence-corrected chi connectivity index (χ0v) is 19.1. The van der Waals surface area contributed by atoms with Crippen molar-refractivity contribution in [2.75, 3.05) is 6.61 Å². The molecule has 0 fully saturated rings. The van der Waals surface area contributed by atoms with Crippen LogP contribution in [-0.4, -0.2) is 35.8 Å². The van der Waals surface area contributed by atoms with Crippen LogP contribution in [0.15, 0.2) is 46.0 Å². The number of phenols is 1. The van der Waals surface area contributed by atoms with E-state index in [9.17, 15) is 14.7 Å². The molecular formula is C21H23BrClN3O4. The summed E-state index contributed by atoms with van der Waals surface area (Å²) in [6, 6.07) is 9.03. The second-order valence-electron chi connectivity index (χ2n) is 6.69. The number of nitrogens with zero attached hydrogens (tertiary/aromatic N) is 1. The van der Waals surface area contributed by atoms with Crippen LogP contribution in [-0.2, 0) is 4.79 Å². The molecular weight excluding hydrogens is 474 g/mol. The molecule has 0 radical (unpaired) electrons. The van der Waals surface area contributed by atoms with Gasteiger partial charge in [-0.25, -0.2) is 5.43 Å². The zero-order chi connectivity index (χ0) is 22.3. The van der Waals surface area contributed by atoms with E-state index in [1.165, 1.54) is 6.21 Å². The van der Waals surface area contributed by atoms with Gasteiger partial charge in [-0.1, -0.05) is 37.6 Å². The summed E-state index contributed by atoms with van der Waals surface area (Å²) in [5.41, 5.74) is 3.33. The molecule has 2 aromatic rings. The largest absolute Gasteiger partial charge is 0.503 e. The predicted octanol–water partition coefficient (Wildman–Crippen LogP) is 4.11. The van der Waals surface area contributed by atoms with E-state index in [0.717, 1.165) is 0 Å². The molecule has 0 aliphatic heterocycles. The highest BCUT2D eigenvalue weighted by molar-refractivity contribution is 9.10. The number of benzene rings is 2. The summed E-state index contributed by atoms with van der Waals surface area (Å²) >= 11 is 9.30. The first-order valence-electron chi connectivity index (χ1n) is 9.28. The lowest BCUT2D eigenvalue weighted by Crippen LogP contribution is -2.48. The molecule has 9 heteroatoms. The fourth-order valence-corrected chi connectivity index (χ4v) is 3.25. The van der Waals surface area contributed by atoms with E-state index in [1.807, 2.05) is 13.8 Å². The van der Waals surface area contributed by atoms with Gasteiger partial charge in [-0.15, -0.1) is 0 Å². The van der Waals surface area contributed by atoms with E-state index >= 15 is 0 Å². The molecule has 3 N–H and O–H groups in total. The lowest BCUT2D eigenvalue weighted by atomic mass is 10.0. The highest BCUT2D eigenvalue weighted by Gasteiger charge is 2.25. The molecule has 1 atom stereocenters. The molecule has 2 aromatic carbocycles. The van der Waals surface area contributed by atoms with Gasteiger partial charge in [0.1, 0.15) is 6.04 Å². The smallest absolute Gasteiger partial charge is 0.262 e. The van der Waals surface area contributed by atoms with Crippen LogP contribution in [0.2, 0.25) is 5.02 Å². The van der Waals surface area contributed by atoms with Gasteiger partial charge in [-0.2, -0.15) is 5.10 Å². The minimum Gasteiger partial charge on any atom is -0.503 e. The number of hydrogen-bond donors (Lipinski definition) is 3. The lowest BCUT2D eigenvalue weighted by molar-refractivity contribution is -0.123. The van der Waals surface area contributed by atoms with Crippen molar-refractivity contribution in [3.05, 3.63) is 57.0 Å². The fraction of sp³-hybridized carbons (Fsp3) is 0.286. The topological polar surface area (TPSA) is 100 Å². The van der Waals surface area contributed by atoms with Gasteiger partial charge in [0.15, 0.2) is 11.5 Å². The molecule has 2 amide bonds. The number of hydrazone groups is 1. The van der Waals surface area contributed by atoms with Crippen LogP contribution in [0.5, 0.6) is 11.5 Å². The van der Waals surface area contributed by atoms with E-state index in [1.54, 1.807) is 43.3 Å². The third-order valence-corrected chi connectivity index (χ3v) is 5.03. The molecule has 1 unspecified atom stereocenters. The molecule has 0 aliphatic carbocycles. The summed E-state index contributed by atoms with van der Waals surface area (Å²) in [5.74, 6) is -0.808. The van der Waals surface area contributed by atoms with Gasteiger partial charge in [0.2, 0.25) is 0 Å².